The third kappa shape index (κ3) is 4.21. The van der Waals surface area contributed by atoms with Crippen molar-refractivity contribution >= 4 is 23.2 Å². The maximum atomic E-state index is 12.4. The summed E-state index contributed by atoms with van der Waals surface area (Å²) in [4.78, 5) is 12.4. The molecule has 0 radical (unpaired) electrons. The number of carbonyl (C=O) groups excluding carboxylic acids is 1. The van der Waals surface area contributed by atoms with Gasteiger partial charge in [0.25, 0.3) is 5.91 Å². The molecule has 0 saturated heterocycles. The Labute approximate surface area is 168 Å². The maximum absolute atomic E-state index is 12.4. The second-order valence-corrected chi connectivity index (χ2v) is 7.36. The van der Waals surface area contributed by atoms with Gasteiger partial charge in [0.1, 0.15) is 0 Å². The van der Waals surface area contributed by atoms with E-state index in [1.165, 1.54) is 0 Å². The molecule has 144 valence electrons. The van der Waals surface area contributed by atoms with Gasteiger partial charge in [-0.25, -0.2) is 4.68 Å². The summed E-state index contributed by atoms with van der Waals surface area (Å²) in [5, 5.41) is 18.8. The van der Waals surface area contributed by atoms with Crippen LogP contribution in [-0.2, 0) is 6.54 Å². The van der Waals surface area contributed by atoms with Gasteiger partial charge in [0.05, 0.1) is 22.7 Å². The van der Waals surface area contributed by atoms with Gasteiger partial charge in [-0.3, -0.25) is 4.79 Å². The molecule has 7 nitrogen and oxygen atoms in total. The Hall–Kier alpha value is -2.77. The number of rotatable bonds is 7. The fraction of sp³-hybridized carbons (Fsp3) is 0.300. The number of nitrogens with one attached hydrogen (secondary N) is 2. The first kappa shape index (κ1) is 18.6. The van der Waals surface area contributed by atoms with Gasteiger partial charge < -0.3 is 10.6 Å². The van der Waals surface area contributed by atoms with E-state index in [-0.39, 0.29) is 11.9 Å². The maximum Gasteiger partial charge on any atom is 0.257 e. The quantitative estimate of drug-likeness (QED) is 0.635. The molecule has 2 aromatic carbocycles. The van der Waals surface area contributed by atoms with Crippen molar-refractivity contribution in [2.45, 2.75) is 38.4 Å². The van der Waals surface area contributed by atoms with Gasteiger partial charge in [0.15, 0.2) is 5.82 Å². The van der Waals surface area contributed by atoms with E-state index >= 15 is 0 Å². The molecule has 1 fully saturated rings. The lowest BCUT2D eigenvalue weighted by Gasteiger charge is -2.14. The number of benzene rings is 2. The molecule has 8 heteroatoms. The van der Waals surface area contributed by atoms with Crippen molar-refractivity contribution in [1.82, 2.24) is 25.5 Å². The number of nitrogens with zero attached hydrogens (tertiary/aromatic N) is 4. The normalized spacial score (nSPS) is 14.6. The average molecular weight is 397 g/mol. The van der Waals surface area contributed by atoms with Crippen LogP contribution in [-0.4, -0.2) is 26.1 Å². The lowest BCUT2D eigenvalue weighted by atomic mass is 10.1. The number of hydrogen-bond donors (Lipinski definition) is 2. The van der Waals surface area contributed by atoms with Crippen molar-refractivity contribution in [2.24, 2.45) is 0 Å². The number of aromatic nitrogens is 4. The van der Waals surface area contributed by atoms with Gasteiger partial charge in [0.2, 0.25) is 0 Å². The van der Waals surface area contributed by atoms with E-state index < -0.39 is 0 Å². The SMILES string of the molecule is C[C@@H](NCc1cccc(NC(=O)c2ccccc2Cl)c1)c1nnnn1C1CC1. The summed E-state index contributed by atoms with van der Waals surface area (Å²) >= 11 is 6.10. The third-order valence-electron chi connectivity index (χ3n) is 4.71. The monoisotopic (exact) mass is 396 g/mol. The molecule has 1 amide bonds. The largest absolute Gasteiger partial charge is 0.322 e. The van der Waals surface area contributed by atoms with Crippen LogP contribution in [0.3, 0.4) is 0 Å². The van der Waals surface area contributed by atoms with E-state index in [9.17, 15) is 4.79 Å². The van der Waals surface area contributed by atoms with E-state index in [4.69, 9.17) is 11.6 Å². The molecule has 1 saturated carbocycles. The van der Waals surface area contributed by atoms with Crippen LogP contribution in [0.4, 0.5) is 5.69 Å². The Morgan fingerprint density at radius 3 is 2.86 bits per heavy atom. The summed E-state index contributed by atoms with van der Waals surface area (Å²) in [7, 11) is 0. The van der Waals surface area contributed by atoms with Crippen LogP contribution in [0.2, 0.25) is 5.02 Å². The third-order valence-corrected chi connectivity index (χ3v) is 5.04. The summed E-state index contributed by atoms with van der Waals surface area (Å²) in [5.41, 5.74) is 2.22. The molecule has 1 heterocycles. The molecule has 0 aliphatic heterocycles. The van der Waals surface area contributed by atoms with E-state index in [1.807, 2.05) is 35.9 Å². The van der Waals surface area contributed by atoms with Gasteiger partial charge >= 0.3 is 0 Å². The summed E-state index contributed by atoms with van der Waals surface area (Å²) < 4.78 is 1.91. The molecule has 28 heavy (non-hydrogen) atoms. The second-order valence-electron chi connectivity index (χ2n) is 6.95. The summed E-state index contributed by atoms with van der Waals surface area (Å²) in [6.45, 7) is 2.68. The average Bonchev–Trinajstić information content (AvgIpc) is 3.43. The fourth-order valence-electron chi connectivity index (χ4n) is 3.03. The van der Waals surface area contributed by atoms with Gasteiger partial charge in [-0.1, -0.05) is 35.9 Å². The Morgan fingerprint density at radius 2 is 2.07 bits per heavy atom. The van der Waals surface area contributed by atoms with Crippen LogP contribution in [0.5, 0.6) is 0 Å². The van der Waals surface area contributed by atoms with Crippen molar-refractivity contribution in [1.29, 1.82) is 0 Å². The molecule has 1 aliphatic carbocycles. The van der Waals surface area contributed by atoms with Crippen LogP contribution in [0, 0.1) is 0 Å². The molecule has 1 atom stereocenters. The second kappa shape index (κ2) is 8.08. The highest BCUT2D eigenvalue weighted by atomic mass is 35.5. The van der Waals surface area contributed by atoms with Gasteiger partial charge in [-0.15, -0.1) is 5.10 Å². The van der Waals surface area contributed by atoms with Gasteiger partial charge in [-0.2, -0.15) is 0 Å². The number of halogens is 1. The Morgan fingerprint density at radius 1 is 1.25 bits per heavy atom. The predicted molar refractivity (Wildman–Crippen MR) is 107 cm³/mol. The van der Waals surface area contributed by atoms with Crippen molar-refractivity contribution < 1.29 is 4.79 Å². The Kier molecular flexibility index (Phi) is 5.36. The topological polar surface area (TPSA) is 84.7 Å². The van der Waals surface area contributed by atoms with E-state index in [0.29, 0.717) is 23.2 Å². The fourth-order valence-corrected chi connectivity index (χ4v) is 3.25. The molecule has 0 bridgehead atoms. The highest BCUT2D eigenvalue weighted by Crippen LogP contribution is 2.35. The van der Waals surface area contributed by atoms with Crippen molar-refractivity contribution in [3.05, 3.63) is 70.5 Å². The Balaban J connectivity index is 1.39. The molecule has 0 spiro atoms. The number of amides is 1. The van der Waals surface area contributed by atoms with Gasteiger partial charge in [-0.05, 0) is 60.0 Å². The predicted octanol–water partition coefficient (Wildman–Crippen LogP) is 3.76. The first-order chi connectivity index (χ1) is 13.6. The lowest BCUT2D eigenvalue weighted by Crippen LogP contribution is -2.22. The number of tetrazole rings is 1. The van der Waals surface area contributed by atoms with Gasteiger partial charge in [0, 0.05) is 12.2 Å². The molecule has 1 aromatic heterocycles. The van der Waals surface area contributed by atoms with Crippen molar-refractivity contribution in [2.75, 3.05) is 5.32 Å². The van der Waals surface area contributed by atoms with E-state index in [2.05, 4.69) is 26.2 Å². The Bertz CT molecular complexity index is 984. The zero-order valence-corrected chi connectivity index (χ0v) is 16.2. The van der Waals surface area contributed by atoms with E-state index in [0.717, 1.165) is 29.9 Å². The number of hydrogen-bond acceptors (Lipinski definition) is 5. The summed E-state index contributed by atoms with van der Waals surface area (Å²) in [5.74, 6) is 0.623. The summed E-state index contributed by atoms with van der Waals surface area (Å²) in [6.07, 6.45) is 2.27. The minimum absolute atomic E-state index is 0.0250. The first-order valence-corrected chi connectivity index (χ1v) is 9.65. The zero-order chi connectivity index (χ0) is 19.5. The van der Waals surface area contributed by atoms with Crippen LogP contribution < -0.4 is 10.6 Å². The van der Waals surface area contributed by atoms with Crippen molar-refractivity contribution in [3.63, 3.8) is 0 Å². The molecule has 4 rings (SSSR count). The van der Waals surface area contributed by atoms with Crippen LogP contribution in [0.25, 0.3) is 0 Å². The highest BCUT2D eigenvalue weighted by molar-refractivity contribution is 6.34. The van der Waals surface area contributed by atoms with Crippen molar-refractivity contribution in [3.8, 4) is 0 Å². The summed E-state index contributed by atoms with van der Waals surface area (Å²) in [6, 6.07) is 15.2. The standard InChI is InChI=1S/C20H21ClN6O/c1-13(19-24-25-26-27(19)16-9-10-16)22-12-14-5-4-6-15(11-14)23-20(28)17-7-2-3-8-18(17)21/h2-8,11,13,16,22H,9-10,12H2,1H3,(H,23,28)/t13-/m1/s1. The minimum Gasteiger partial charge on any atom is -0.322 e. The molecule has 0 unspecified atom stereocenters. The first-order valence-electron chi connectivity index (χ1n) is 9.28. The molecular weight excluding hydrogens is 376 g/mol. The molecule has 3 aromatic rings. The molecular formula is C20H21ClN6O. The minimum atomic E-state index is -0.229. The molecule has 2 N–H and O–H groups in total. The van der Waals surface area contributed by atoms with E-state index in [1.54, 1.807) is 24.3 Å². The highest BCUT2D eigenvalue weighted by Gasteiger charge is 2.29. The van der Waals surface area contributed by atoms with Crippen LogP contribution in [0.1, 0.15) is 53.6 Å². The lowest BCUT2D eigenvalue weighted by molar-refractivity contribution is 0.102. The zero-order valence-electron chi connectivity index (χ0n) is 15.5. The smallest absolute Gasteiger partial charge is 0.257 e. The number of anilines is 1. The molecule has 1 aliphatic rings. The number of carbonyl (C=O) groups is 1. The van der Waals surface area contributed by atoms with Crippen LogP contribution >= 0.6 is 11.6 Å². The van der Waals surface area contributed by atoms with Crippen LogP contribution in [0.15, 0.2) is 48.5 Å².